The Morgan fingerprint density at radius 2 is 2.10 bits per heavy atom. The van der Waals surface area contributed by atoms with Crippen molar-refractivity contribution in [1.29, 1.82) is 0 Å². The first-order valence-corrected chi connectivity index (χ1v) is 7.22. The van der Waals surface area contributed by atoms with Crippen molar-refractivity contribution in [3.05, 3.63) is 0 Å². The molecule has 1 aliphatic heterocycles. The van der Waals surface area contributed by atoms with Crippen LogP contribution in [0.1, 0.15) is 27.2 Å². The molecule has 2 atom stereocenters. The lowest BCUT2D eigenvalue weighted by Gasteiger charge is -2.32. The van der Waals surface area contributed by atoms with Gasteiger partial charge in [0.15, 0.2) is 0 Å². The van der Waals surface area contributed by atoms with E-state index in [-0.39, 0.29) is 19.2 Å². The van der Waals surface area contributed by atoms with Crippen molar-refractivity contribution in [3.8, 4) is 0 Å². The molecule has 2 N–H and O–H groups in total. The van der Waals surface area contributed by atoms with Gasteiger partial charge in [-0.05, 0) is 20.3 Å². The van der Waals surface area contributed by atoms with Crippen LogP contribution in [0.25, 0.3) is 0 Å². The van der Waals surface area contributed by atoms with Gasteiger partial charge in [0.05, 0.1) is 24.9 Å². The lowest BCUT2D eigenvalue weighted by molar-refractivity contribution is -0.142. The molecule has 122 valence electrons. The van der Waals surface area contributed by atoms with Crippen LogP contribution in [0.3, 0.4) is 0 Å². The first-order valence-electron chi connectivity index (χ1n) is 7.22. The summed E-state index contributed by atoms with van der Waals surface area (Å²) in [6.45, 7) is 6.96. The third-order valence-corrected chi connectivity index (χ3v) is 3.71. The smallest absolute Gasteiger partial charge is 0.317 e. The van der Waals surface area contributed by atoms with Gasteiger partial charge in [-0.1, -0.05) is 6.92 Å². The maximum Gasteiger partial charge on any atom is 0.317 e. The molecular weight excluding hydrogens is 276 g/mol. The number of carbonyl (C=O) groups is 2. The summed E-state index contributed by atoms with van der Waals surface area (Å²) in [6.07, 6.45) is 0.754. The Balaban J connectivity index is 2.72. The predicted molar refractivity (Wildman–Crippen MR) is 77.2 cm³/mol. The Kier molecular flexibility index (Phi) is 6.42. The van der Waals surface area contributed by atoms with E-state index in [4.69, 9.17) is 9.47 Å². The molecule has 0 aliphatic carbocycles. The molecule has 7 nitrogen and oxygen atoms in total. The zero-order valence-electron chi connectivity index (χ0n) is 13.2. The van der Waals surface area contributed by atoms with E-state index in [1.165, 1.54) is 0 Å². The van der Waals surface area contributed by atoms with E-state index < -0.39 is 23.5 Å². The number of ether oxygens (including phenoxy) is 2. The van der Waals surface area contributed by atoms with Gasteiger partial charge in [-0.15, -0.1) is 0 Å². The summed E-state index contributed by atoms with van der Waals surface area (Å²) in [4.78, 5) is 25.2. The van der Waals surface area contributed by atoms with Gasteiger partial charge in [0.2, 0.25) is 0 Å². The number of amides is 2. The van der Waals surface area contributed by atoms with Crippen molar-refractivity contribution < 1.29 is 24.2 Å². The molecule has 21 heavy (non-hydrogen) atoms. The summed E-state index contributed by atoms with van der Waals surface area (Å²) in [6, 6.07) is -0.697. The average molecular weight is 302 g/mol. The van der Waals surface area contributed by atoms with Crippen molar-refractivity contribution in [3.63, 3.8) is 0 Å². The highest BCUT2D eigenvalue weighted by atomic mass is 16.5. The number of carbonyl (C=O) groups excluding carboxylic acids is 1. The third-order valence-electron chi connectivity index (χ3n) is 3.71. The molecular formula is C14H26N2O5. The van der Waals surface area contributed by atoms with Gasteiger partial charge in [-0.2, -0.15) is 0 Å². The number of aliphatic carboxylic acids is 1. The number of nitrogens with one attached hydrogen (secondary N) is 1. The SMILES string of the molecule is CCCN(C(=O)NCC(C)(C)OC)C1COCC1C(=O)O. The fourth-order valence-corrected chi connectivity index (χ4v) is 2.21. The second-order valence-electron chi connectivity index (χ2n) is 5.87. The zero-order chi connectivity index (χ0) is 16.0. The Morgan fingerprint density at radius 3 is 2.62 bits per heavy atom. The molecule has 0 bridgehead atoms. The summed E-state index contributed by atoms with van der Waals surface area (Å²) in [5.41, 5.74) is -0.466. The van der Waals surface area contributed by atoms with Crippen LogP contribution in [-0.4, -0.2) is 67.1 Å². The van der Waals surface area contributed by atoms with Crippen molar-refractivity contribution in [2.75, 3.05) is 33.4 Å². The van der Waals surface area contributed by atoms with Crippen LogP contribution in [0, 0.1) is 5.92 Å². The molecule has 0 aromatic heterocycles. The monoisotopic (exact) mass is 302 g/mol. The molecule has 1 saturated heterocycles. The van der Waals surface area contributed by atoms with Gasteiger partial charge in [0.1, 0.15) is 5.92 Å². The topological polar surface area (TPSA) is 88.1 Å². The molecule has 2 unspecified atom stereocenters. The number of hydrogen-bond donors (Lipinski definition) is 2. The van der Waals surface area contributed by atoms with Crippen molar-refractivity contribution >= 4 is 12.0 Å². The Hall–Kier alpha value is -1.34. The van der Waals surface area contributed by atoms with Crippen LogP contribution in [-0.2, 0) is 14.3 Å². The molecule has 1 heterocycles. The minimum absolute atomic E-state index is 0.150. The second-order valence-corrected chi connectivity index (χ2v) is 5.87. The Labute approximate surface area is 125 Å². The Bertz CT molecular complexity index is 372. The summed E-state index contributed by atoms with van der Waals surface area (Å²) in [7, 11) is 1.58. The quantitative estimate of drug-likeness (QED) is 0.730. The van der Waals surface area contributed by atoms with Gasteiger partial charge < -0.3 is 24.8 Å². The molecule has 2 amide bonds. The van der Waals surface area contributed by atoms with Crippen molar-refractivity contribution in [2.24, 2.45) is 5.92 Å². The molecule has 0 aromatic rings. The number of methoxy groups -OCH3 is 1. The lowest BCUT2D eigenvalue weighted by atomic mass is 10.0. The molecule has 1 aliphatic rings. The summed E-state index contributed by atoms with van der Waals surface area (Å²) in [5.74, 6) is -1.60. The minimum Gasteiger partial charge on any atom is -0.481 e. The number of rotatable bonds is 7. The van der Waals surface area contributed by atoms with Gasteiger partial charge in [-0.3, -0.25) is 4.79 Å². The third kappa shape index (κ3) is 4.86. The first kappa shape index (κ1) is 17.7. The second kappa shape index (κ2) is 7.61. The number of carboxylic acid groups (broad SMARTS) is 1. The minimum atomic E-state index is -0.927. The standard InChI is InChI=1S/C14H26N2O5/c1-5-6-16(11-8-21-7-10(11)12(17)18)13(19)15-9-14(2,3)20-4/h10-11H,5-9H2,1-4H3,(H,15,19)(H,17,18). The van der Waals surface area contributed by atoms with E-state index in [1.54, 1.807) is 12.0 Å². The number of carboxylic acids is 1. The maximum absolute atomic E-state index is 12.4. The lowest BCUT2D eigenvalue weighted by Crippen LogP contribution is -2.53. The van der Waals surface area contributed by atoms with Crippen LogP contribution in [0.4, 0.5) is 4.79 Å². The van der Waals surface area contributed by atoms with E-state index in [9.17, 15) is 14.7 Å². The van der Waals surface area contributed by atoms with Crippen molar-refractivity contribution in [1.82, 2.24) is 10.2 Å². The number of urea groups is 1. The van der Waals surface area contributed by atoms with Gasteiger partial charge in [0.25, 0.3) is 0 Å². The molecule has 0 saturated carbocycles. The molecule has 0 aromatic carbocycles. The maximum atomic E-state index is 12.4. The number of nitrogens with zero attached hydrogens (tertiary/aromatic N) is 1. The average Bonchev–Trinajstić information content (AvgIpc) is 2.91. The number of hydrogen-bond acceptors (Lipinski definition) is 4. The van der Waals surface area contributed by atoms with Gasteiger partial charge >= 0.3 is 12.0 Å². The van der Waals surface area contributed by atoms with Gasteiger partial charge in [0, 0.05) is 20.2 Å². The van der Waals surface area contributed by atoms with E-state index in [0.717, 1.165) is 6.42 Å². The van der Waals surface area contributed by atoms with Crippen LogP contribution in [0.2, 0.25) is 0 Å². The van der Waals surface area contributed by atoms with E-state index in [0.29, 0.717) is 13.1 Å². The van der Waals surface area contributed by atoms with Gasteiger partial charge in [-0.25, -0.2) is 4.79 Å². The first-order chi connectivity index (χ1) is 9.82. The summed E-state index contributed by atoms with van der Waals surface area (Å²) >= 11 is 0. The van der Waals surface area contributed by atoms with Crippen LogP contribution < -0.4 is 5.32 Å². The van der Waals surface area contributed by atoms with Crippen LogP contribution in [0.15, 0.2) is 0 Å². The predicted octanol–water partition coefficient (Wildman–Crippen LogP) is 0.933. The fraction of sp³-hybridized carbons (Fsp3) is 0.857. The largest absolute Gasteiger partial charge is 0.481 e. The van der Waals surface area contributed by atoms with E-state index in [1.807, 2.05) is 20.8 Å². The van der Waals surface area contributed by atoms with Crippen LogP contribution >= 0.6 is 0 Å². The molecule has 1 rings (SSSR count). The normalized spacial score (nSPS) is 22.1. The highest BCUT2D eigenvalue weighted by Crippen LogP contribution is 2.20. The summed E-state index contributed by atoms with van der Waals surface area (Å²) in [5, 5.41) is 12.0. The molecule has 7 heteroatoms. The zero-order valence-corrected chi connectivity index (χ0v) is 13.2. The van der Waals surface area contributed by atoms with Crippen LogP contribution in [0.5, 0.6) is 0 Å². The molecule has 1 fully saturated rings. The highest BCUT2D eigenvalue weighted by Gasteiger charge is 2.40. The Morgan fingerprint density at radius 1 is 1.43 bits per heavy atom. The van der Waals surface area contributed by atoms with E-state index >= 15 is 0 Å². The van der Waals surface area contributed by atoms with Crippen molar-refractivity contribution in [2.45, 2.75) is 38.8 Å². The fourth-order valence-electron chi connectivity index (χ4n) is 2.21. The molecule has 0 spiro atoms. The summed E-state index contributed by atoms with van der Waals surface area (Å²) < 4.78 is 10.5. The highest BCUT2D eigenvalue weighted by molar-refractivity contribution is 5.77. The van der Waals surface area contributed by atoms with E-state index in [2.05, 4.69) is 5.32 Å². The molecule has 0 radical (unpaired) electrons.